The lowest BCUT2D eigenvalue weighted by Crippen LogP contribution is -2.36. The Labute approximate surface area is 250 Å². The first-order chi connectivity index (χ1) is 20.4. The first-order valence-electron chi connectivity index (χ1n) is 14.0. The molecule has 0 saturated carbocycles. The summed E-state index contributed by atoms with van der Waals surface area (Å²) in [5.74, 6) is -0.267. The van der Waals surface area contributed by atoms with Crippen molar-refractivity contribution in [2.24, 2.45) is 0 Å². The molecule has 5 rings (SSSR count). The molecule has 1 atom stereocenters. The van der Waals surface area contributed by atoms with E-state index in [2.05, 4.69) is 21.3 Å². The summed E-state index contributed by atoms with van der Waals surface area (Å²) in [6.45, 7) is 2.18. The van der Waals surface area contributed by atoms with E-state index >= 15 is 0 Å². The highest BCUT2D eigenvalue weighted by molar-refractivity contribution is 6.31. The maximum Gasteiger partial charge on any atom is 0.255 e. The van der Waals surface area contributed by atoms with Crippen molar-refractivity contribution in [3.05, 3.63) is 94.5 Å². The van der Waals surface area contributed by atoms with Crippen LogP contribution in [0.4, 0.5) is 5.82 Å². The molecule has 1 amide bonds. The first-order valence-corrected chi connectivity index (χ1v) is 14.3. The van der Waals surface area contributed by atoms with Crippen LogP contribution in [-0.2, 0) is 0 Å². The second-order valence-electron chi connectivity index (χ2n) is 10.4. The number of likely N-dealkylation sites (tertiary alicyclic amines) is 1. The Morgan fingerprint density at radius 2 is 1.71 bits per heavy atom. The minimum atomic E-state index is -0.340. The molecule has 0 radical (unpaired) electrons. The first kappa shape index (κ1) is 28.9. The fourth-order valence-corrected chi connectivity index (χ4v) is 5.80. The number of rotatable bonds is 8. The molecule has 1 aliphatic rings. The number of aromatic hydroxyl groups is 2. The smallest absolute Gasteiger partial charge is 0.255 e. The number of carbonyl (C=O) groups excluding carboxylic acids is 1. The maximum absolute atomic E-state index is 12.8. The van der Waals surface area contributed by atoms with Crippen LogP contribution in [-0.4, -0.2) is 45.6 Å². The van der Waals surface area contributed by atoms with Crippen LogP contribution in [0, 0.1) is 11.3 Å². The number of anilines is 1. The van der Waals surface area contributed by atoms with Crippen LogP contribution in [0.15, 0.2) is 72.8 Å². The van der Waals surface area contributed by atoms with Crippen molar-refractivity contribution >= 4 is 23.3 Å². The van der Waals surface area contributed by atoms with Gasteiger partial charge in [-0.3, -0.25) is 9.69 Å². The highest BCUT2D eigenvalue weighted by Gasteiger charge is 2.26. The summed E-state index contributed by atoms with van der Waals surface area (Å²) >= 11 is 6.83. The van der Waals surface area contributed by atoms with E-state index in [1.54, 1.807) is 48.5 Å². The zero-order valence-corrected chi connectivity index (χ0v) is 23.8. The molecule has 1 fully saturated rings. The average molecular weight is 582 g/mol. The Morgan fingerprint density at radius 1 is 1.00 bits per heavy atom. The van der Waals surface area contributed by atoms with Crippen LogP contribution in [0.5, 0.6) is 11.5 Å². The molecule has 1 aliphatic heterocycles. The third-order valence-electron chi connectivity index (χ3n) is 7.69. The average Bonchev–Trinajstić information content (AvgIpc) is 3.00. The highest BCUT2D eigenvalue weighted by atomic mass is 35.5. The zero-order chi connectivity index (χ0) is 29.6. The number of para-hydroxylation sites is 2. The number of amides is 1. The molecule has 8 nitrogen and oxygen atoms in total. The molecule has 9 heteroatoms. The van der Waals surface area contributed by atoms with Crippen LogP contribution in [0.1, 0.15) is 53.2 Å². The number of halogens is 1. The van der Waals surface area contributed by atoms with Gasteiger partial charge in [0.25, 0.3) is 5.91 Å². The van der Waals surface area contributed by atoms with E-state index in [0.29, 0.717) is 34.8 Å². The number of phenols is 2. The number of piperidine rings is 1. The van der Waals surface area contributed by atoms with Gasteiger partial charge in [-0.1, -0.05) is 48.4 Å². The number of hydrogen-bond donors (Lipinski definition) is 4. The number of pyridine rings is 1. The molecule has 42 heavy (non-hydrogen) atoms. The summed E-state index contributed by atoms with van der Waals surface area (Å²) in [5.41, 5.74) is 9.90. The van der Waals surface area contributed by atoms with Crippen LogP contribution >= 0.6 is 11.6 Å². The maximum atomic E-state index is 12.8. The number of benzene rings is 3. The van der Waals surface area contributed by atoms with E-state index in [4.69, 9.17) is 17.3 Å². The second-order valence-corrected chi connectivity index (χ2v) is 10.8. The molecule has 4 aromatic rings. The Kier molecular flexibility index (Phi) is 8.91. The number of nitrogen functional groups attached to an aromatic ring is 1. The Morgan fingerprint density at radius 3 is 2.43 bits per heavy atom. The van der Waals surface area contributed by atoms with E-state index in [0.717, 1.165) is 43.5 Å². The largest absolute Gasteiger partial charge is 0.507 e. The molecule has 3 aromatic carbocycles. The molecule has 2 heterocycles. The minimum absolute atomic E-state index is 0.0629. The predicted octanol–water partition coefficient (Wildman–Crippen LogP) is 6.28. The van der Waals surface area contributed by atoms with Gasteiger partial charge < -0.3 is 21.3 Å². The van der Waals surface area contributed by atoms with E-state index in [9.17, 15) is 20.3 Å². The second kappa shape index (κ2) is 12.9. The van der Waals surface area contributed by atoms with Crippen molar-refractivity contribution in [1.82, 2.24) is 15.2 Å². The number of carbonyl (C=O) groups is 1. The third kappa shape index (κ3) is 6.18. The Bertz CT molecular complexity index is 1650. The van der Waals surface area contributed by atoms with Gasteiger partial charge in [0.05, 0.1) is 11.3 Å². The summed E-state index contributed by atoms with van der Waals surface area (Å²) in [5, 5.41) is 34.0. The molecule has 5 N–H and O–H groups in total. The fraction of sp³-hybridized carbons (Fsp3) is 0.242. The lowest BCUT2D eigenvalue weighted by atomic mass is 9.93. The Hall–Kier alpha value is -4.58. The molecule has 0 spiro atoms. The predicted molar refractivity (Wildman–Crippen MR) is 164 cm³/mol. The number of nitrogens with two attached hydrogens (primary N) is 1. The summed E-state index contributed by atoms with van der Waals surface area (Å²) in [4.78, 5) is 19.6. The van der Waals surface area contributed by atoms with Crippen molar-refractivity contribution < 1.29 is 15.0 Å². The summed E-state index contributed by atoms with van der Waals surface area (Å²) in [6.07, 6.45) is 3.90. The topological polar surface area (TPSA) is 136 Å². The molecule has 1 aromatic heterocycles. The molecule has 0 aliphatic carbocycles. The van der Waals surface area contributed by atoms with Gasteiger partial charge in [0.1, 0.15) is 28.9 Å². The molecular formula is C33H32ClN5O3. The molecule has 214 valence electrons. The van der Waals surface area contributed by atoms with Crippen molar-refractivity contribution in [3.63, 3.8) is 0 Å². The zero-order valence-electron chi connectivity index (χ0n) is 23.1. The number of nitriles is 1. The van der Waals surface area contributed by atoms with Crippen molar-refractivity contribution in [2.75, 3.05) is 25.4 Å². The molecule has 0 bridgehead atoms. The van der Waals surface area contributed by atoms with Gasteiger partial charge in [-0.15, -0.1) is 0 Å². The molecule has 1 saturated heterocycles. The van der Waals surface area contributed by atoms with Gasteiger partial charge in [-0.05, 0) is 85.9 Å². The quantitative estimate of drug-likeness (QED) is 0.192. The van der Waals surface area contributed by atoms with Gasteiger partial charge in [-0.2, -0.15) is 5.26 Å². The number of hydrogen-bond acceptors (Lipinski definition) is 7. The Balaban J connectivity index is 1.50. The highest BCUT2D eigenvalue weighted by Crippen LogP contribution is 2.39. The molecular weight excluding hydrogens is 550 g/mol. The van der Waals surface area contributed by atoms with Crippen LogP contribution in [0.25, 0.3) is 22.4 Å². The standard InChI is InChI=1S/C33H32ClN5O3/c34-27-13-12-21(24-19-28(38-32(36)26(24)20-35)22-8-2-4-10-30(22)40)18-25(27)29(39-16-6-1-7-17-39)14-15-37-33(42)23-9-3-5-11-31(23)41/h2-5,8-13,18-19,29,40-41H,1,6-7,14-17H2,(H2,36,38)(H,37,42). The van der Waals surface area contributed by atoms with E-state index in [1.807, 2.05) is 18.2 Å². The van der Waals surface area contributed by atoms with Crippen molar-refractivity contribution in [1.29, 1.82) is 5.26 Å². The van der Waals surface area contributed by atoms with Gasteiger partial charge in [-0.25, -0.2) is 4.98 Å². The normalized spacial score (nSPS) is 14.2. The van der Waals surface area contributed by atoms with Crippen molar-refractivity contribution in [3.8, 4) is 40.0 Å². The number of nitrogens with one attached hydrogen (secondary N) is 1. The number of nitrogens with zero attached hydrogens (tertiary/aromatic N) is 3. The number of phenolic OH excluding ortho intramolecular Hbond substituents is 2. The fourth-order valence-electron chi connectivity index (χ4n) is 5.55. The van der Waals surface area contributed by atoms with E-state index in [1.165, 1.54) is 6.07 Å². The van der Waals surface area contributed by atoms with Gasteiger partial charge in [0.2, 0.25) is 0 Å². The van der Waals surface area contributed by atoms with Crippen LogP contribution in [0.2, 0.25) is 5.02 Å². The van der Waals surface area contributed by atoms with Crippen molar-refractivity contribution in [2.45, 2.75) is 31.7 Å². The van der Waals surface area contributed by atoms with E-state index < -0.39 is 0 Å². The van der Waals surface area contributed by atoms with E-state index in [-0.39, 0.29) is 40.4 Å². The monoisotopic (exact) mass is 581 g/mol. The minimum Gasteiger partial charge on any atom is -0.507 e. The summed E-state index contributed by atoms with van der Waals surface area (Å²) in [6, 6.07) is 22.8. The van der Waals surface area contributed by atoms with Crippen LogP contribution < -0.4 is 11.1 Å². The van der Waals surface area contributed by atoms with Gasteiger partial charge >= 0.3 is 0 Å². The lowest BCUT2D eigenvalue weighted by molar-refractivity contribution is 0.0941. The van der Waals surface area contributed by atoms with Crippen LogP contribution in [0.3, 0.4) is 0 Å². The van der Waals surface area contributed by atoms with Gasteiger partial charge in [0, 0.05) is 28.7 Å². The molecule has 1 unspecified atom stereocenters. The summed E-state index contributed by atoms with van der Waals surface area (Å²) < 4.78 is 0. The third-order valence-corrected chi connectivity index (χ3v) is 8.03. The summed E-state index contributed by atoms with van der Waals surface area (Å²) in [7, 11) is 0. The number of aromatic nitrogens is 1. The van der Waals surface area contributed by atoms with Gasteiger partial charge in [0.15, 0.2) is 0 Å². The lowest BCUT2D eigenvalue weighted by Gasteiger charge is -2.35. The SMILES string of the molecule is N#Cc1c(-c2ccc(Cl)c(C(CCNC(=O)c3ccccc3O)N3CCCCC3)c2)cc(-c2ccccc2O)nc1N.